The van der Waals surface area contributed by atoms with Gasteiger partial charge >= 0.3 is 0 Å². The van der Waals surface area contributed by atoms with Gasteiger partial charge in [0, 0.05) is 13.2 Å². The summed E-state index contributed by atoms with van der Waals surface area (Å²) >= 11 is 0. The van der Waals surface area contributed by atoms with Crippen LogP contribution in [-0.4, -0.2) is 26.3 Å². The van der Waals surface area contributed by atoms with E-state index in [0.29, 0.717) is 12.1 Å². The van der Waals surface area contributed by atoms with Crippen molar-refractivity contribution in [2.75, 3.05) is 14.2 Å². The normalized spacial score (nSPS) is 17.5. The van der Waals surface area contributed by atoms with Crippen LogP contribution in [0, 0.1) is 0 Å². The molecule has 2 unspecified atom stereocenters. The summed E-state index contributed by atoms with van der Waals surface area (Å²) in [5, 5.41) is 3.40. The van der Waals surface area contributed by atoms with Crippen molar-refractivity contribution < 1.29 is 4.74 Å². The van der Waals surface area contributed by atoms with E-state index in [0.717, 1.165) is 12.8 Å². The Balaban J connectivity index is 2.07. The highest BCUT2D eigenvalue weighted by molar-refractivity contribution is 5.35. The molecule has 0 aliphatic heterocycles. The molecule has 2 rings (SSSR count). The smallest absolute Gasteiger partial charge is 0.0724 e. The fourth-order valence-electron chi connectivity index (χ4n) is 3.04. The molecule has 0 heterocycles. The highest BCUT2D eigenvalue weighted by Gasteiger charge is 2.19. The van der Waals surface area contributed by atoms with Crippen LogP contribution in [0.5, 0.6) is 0 Å². The van der Waals surface area contributed by atoms with Gasteiger partial charge in [0.15, 0.2) is 0 Å². The largest absolute Gasteiger partial charge is 0.380 e. The second-order valence-electron chi connectivity index (χ2n) is 5.24. The van der Waals surface area contributed by atoms with Gasteiger partial charge in [0.1, 0.15) is 0 Å². The summed E-state index contributed by atoms with van der Waals surface area (Å²) in [6.07, 6.45) is 6.24. The van der Waals surface area contributed by atoms with Gasteiger partial charge < -0.3 is 10.1 Å². The van der Waals surface area contributed by atoms with Crippen LogP contribution in [0.1, 0.15) is 36.5 Å². The maximum absolute atomic E-state index is 5.55. The number of hydrogen-bond donors (Lipinski definition) is 1. The maximum Gasteiger partial charge on any atom is 0.0724 e. The number of rotatable bonds is 6. The summed E-state index contributed by atoms with van der Waals surface area (Å²) in [4.78, 5) is 0. The number of ether oxygens (including phenoxy) is 1. The lowest BCUT2D eigenvalue weighted by atomic mass is 9.97. The lowest BCUT2D eigenvalue weighted by Gasteiger charge is -2.25. The van der Waals surface area contributed by atoms with Crippen LogP contribution in [-0.2, 0) is 24.0 Å². The van der Waals surface area contributed by atoms with E-state index in [1.54, 1.807) is 18.2 Å². The number of methoxy groups -OCH3 is 1. The Labute approximate surface area is 111 Å². The lowest BCUT2D eigenvalue weighted by Crippen LogP contribution is -2.40. The van der Waals surface area contributed by atoms with Crippen LogP contribution in [0.2, 0.25) is 0 Å². The molecule has 0 bridgehead atoms. The number of aryl methyl sites for hydroxylation is 2. The van der Waals surface area contributed by atoms with Gasteiger partial charge in [-0.15, -0.1) is 0 Å². The molecule has 1 aliphatic rings. The number of fused-ring (bicyclic) bond motifs is 1. The second-order valence-corrected chi connectivity index (χ2v) is 5.24. The van der Waals surface area contributed by atoms with E-state index < -0.39 is 0 Å². The number of benzene rings is 1. The van der Waals surface area contributed by atoms with Gasteiger partial charge in [0.2, 0.25) is 0 Å². The molecule has 1 N–H and O–H groups in total. The maximum atomic E-state index is 5.55. The Morgan fingerprint density at radius 1 is 1.28 bits per heavy atom. The minimum atomic E-state index is 0.295. The Hall–Kier alpha value is -0.860. The van der Waals surface area contributed by atoms with Gasteiger partial charge in [-0.05, 0) is 55.8 Å². The summed E-state index contributed by atoms with van der Waals surface area (Å²) in [7, 11) is 3.83. The van der Waals surface area contributed by atoms with Crippen molar-refractivity contribution >= 4 is 0 Å². The van der Waals surface area contributed by atoms with E-state index in [9.17, 15) is 0 Å². The molecule has 1 aliphatic carbocycles. The van der Waals surface area contributed by atoms with E-state index in [1.165, 1.54) is 24.8 Å². The average molecular weight is 247 g/mol. The molecule has 18 heavy (non-hydrogen) atoms. The van der Waals surface area contributed by atoms with Gasteiger partial charge in [-0.2, -0.15) is 0 Å². The fourth-order valence-corrected chi connectivity index (χ4v) is 3.04. The third-order valence-corrected chi connectivity index (χ3v) is 4.14. The number of likely N-dealkylation sites (N-methyl/N-ethyl adjacent to an activating group) is 1. The van der Waals surface area contributed by atoms with E-state index in [4.69, 9.17) is 4.74 Å². The molecule has 2 atom stereocenters. The minimum Gasteiger partial charge on any atom is -0.380 e. The molecular formula is C16H25NO. The van der Waals surface area contributed by atoms with E-state index in [-0.39, 0.29) is 0 Å². The summed E-state index contributed by atoms with van der Waals surface area (Å²) in [5.74, 6) is 0. The zero-order valence-electron chi connectivity index (χ0n) is 11.8. The lowest BCUT2D eigenvalue weighted by molar-refractivity contribution is 0.0678. The molecule has 0 saturated carbocycles. The summed E-state index contributed by atoms with van der Waals surface area (Å²) in [6.45, 7) is 2.18. The first-order valence-corrected chi connectivity index (χ1v) is 7.09. The van der Waals surface area contributed by atoms with Gasteiger partial charge in [-0.25, -0.2) is 0 Å². The monoisotopic (exact) mass is 247 g/mol. The molecule has 0 spiro atoms. The first kappa shape index (κ1) is 13.6. The SMILES string of the molecule is CCC(OC)C(Cc1ccc2c(c1)CCC2)NC. The highest BCUT2D eigenvalue weighted by atomic mass is 16.5. The predicted molar refractivity (Wildman–Crippen MR) is 76.1 cm³/mol. The molecule has 2 heteroatoms. The van der Waals surface area contributed by atoms with Gasteiger partial charge in [0.25, 0.3) is 0 Å². The average Bonchev–Trinajstić information content (AvgIpc) is 2.86. The van der Waals surface area contributed by atoms with E-state index in [2.05, 4.69) is 30.4 Å². The van der Waals surface area contributed by atoms with Crippen LogP contribution in [0.25, 0.3) is 0 Å². The van der Waals surface area contributed by atoms with Crippen LogP contribution >= 0.6 is 0 Å². The molecule has 0 fully saturated rings. The summed E-state index contributed by atoms with van der Waals surface area (Å²) in [5.41, 5.74) is 4.55. The van der Waals surface area contributed by atoms with Crippen LogP contribution in [0.15, 0.2) is 18.2 Å². The van der Waals surface area contributed by atoms with E-state index >= 15 is 0 Å². The highest BCUT2D eigenvalue weighted by Crippen LogP contribution is 2.23. The van der Waals surface area contributed by atoms with Crippen LogP contribution in [0.3, 0.4) is 0 Å². The Kier molecular flexibility index (Phi) is 4.79. The van der Waals surface area contributed by atoms with Crippen molar-refractivity contribution in [3.63, 3.8) is 0 Å². The van der Waals surface area contributed by atoms with E-state index in [1.807, 2.05) is 7.05 Å². The molecule has 2 nitrogen and oxygen atoms in total. The van der Waals surface area contributed by atoms with Crippen molar-refractivity contribution in [1.29, 1.82) is 0 Å². The van der Waals surface area contributed by atoms with Crippen LogP contribution < -0.4 is 5.32 Å². The standard InChI is InChI=1S/C16H25NO/c1-4-16(18-3)15(17-2)11-12-8-9-13-6-5-7-14(13)10-12/h8-10,15-17H,4-7,11H2,1-3H3. The Morgan fingerprint density at radius 2 is 2.06 bits per heavy atom. The third-order valence-electron chi connectivity index (χ3n) is 4.14. The Bertz CT molecular complexity index is 385. The number of nitrogens with one attached hydrogen (secondary N) is 1. The topological polar surface area (TPSA) is 21.3 Å². The fraction of sp³-hybridized carbons (Fsp3) is 0.625. The molecule has 0 radical (unpaired) electrons. The Morgan fingerprint density at radius 3 is 2.72 bits per heavy atom. The zero-order chi connectivity index (χ0) is 13.0. The molecule has 0 aromatic heterocycles. The second kappa shape index (κ2) is 6.35. The molecular weight excluding hydrogens is 222 g/mol. The van der Waals surface area contributed by atoms with Crippen molar-refractivity contribution in [3.05, 3.63) is 34.9 Å². The molecule has 1 aromatic carbocycles. The van der Waals surface area contributed by atoms with Crippen molar-refractivity contribution in [3.8, 4) is 0 Å². The van der Waals surface area contributed by atoms with Crippen molar-refractivity contribution in [2.24, 2.45) is 0 Å². The molecule has 1 aromatic rings. The molecule has 100 valence electrons. The third kappa shape index (κ3) is 2.93. The zero-order valence-corrected chi connectivity index (χ0v) is 11.8. The minimum absolute atomic E-state index is 0.295. The van der Waals surface area contributed by atoms with Gasteiger partial charge in [-0.3, -0.25) is 0 Å². The first-order chi connectivity index (χ1) is 8.78. The van der Waals surface area contributed by atoms with Crippen LogP contribution in [0.4, 0.5) is 0 Å². The molecule has 0 amide bonds. The van der Waals surface area contributed by atoms with Gasteiger partial charge in [-0.1, -0.05) is 25.1 Å². The van der Waals surface area contributed by atoms with Crippen molar-refractivity contribution in [1.82, 2.24) is 5.32 Å². The predicted octanol–water partition coefficient (Wildman–Crippen LogP) is 2.73. The van der Waals surface area contributed by atoms with Crippen molar-refractivity contribution in [2.45, 2.75) is 51.2 Å². The van der Waals surface area contributed by atoms with Gasteiger partial charge in [0.05, 0.1) is 6.10 Å². The molecule has 0 saturated heterocycles. The summed E-state index contributed by atoms with van der Waals surface area (Å²) < 4.78 is 5.55. The number of hydrogen-bond acceptors (Lipinski definition) is 2. The quantitative estimate of drug-likeness (QED) is 0.834. The summed E-state index contributed by atoms with van der Waals surface area (Å²) in [6, 6.07) is 7.41. The first-order valence-electron chi connectivity index (χ1n) is 7.09.